The molecule has 0 aliphatic carbocycles. The van der Waals surface area contributed by atoms with Gasteiger partial charge in [-0.1, -0.05) is 29.0 Å². The van der Waals surface area contributed by atoms with E-state index in [1.165, 1.54) is 12.3 Å². The lowest BCUT2D eigenvalue weighted by molar-refractivity contribution is -0.120. The van der Waals surface area contributed by atoms with E-state index < -0.39 is 0 Å². The number of nitrogens with one attached hydrogen (secondary N) is 2. The van der Waals surface area contributed by atoms with Crippen molar-refractivity contribution in [3.05, 3.63) is 64.2 Å². The Morgan fingerprint density at radius 3 is 2.68 bits per heavy atom. The highest BCUT2D eigenvalue weighted by atomic mass is 32.1. The van der Waals surface area contributed by atoms with Crippen LogP contribution in [-0.2, 0) is 11.2 Å². The lowest BCUT2D eigenvalue weighted by atomic mass is 10.1. The largest absolute Gasteiger partial charge is 0.504 e. The van der Waals surface area contributed by atoms with Crippen LogP contribution < -0.4 is 15.5 Å². The van der Waals surface area contributed by atoms with Crippen molar-refractivity contribution in [1.82, 2.24) is 15.6 Å². The van der Waals surface area contributed by atoms with Crippen LogP contribution in [0.5, 0.6) is 11.5 Å². The van der Waals surface area contributed by atoms with Gasteiger partial charge in [0.2, 0.25) is 11.0 Å². The Morgan fingerprint density at radius 2 is 1.97 bits per heavy atom. The number of anilines is 1. The van der Waals surface area contributed by atoms with Gasteiger partial charge in [-0.25, -0.2) is 5.43 Å². The normalized spacial score (nSPS) is 10.8. The van der Waals surface area contributed by atoms with E-state index in [-0.39, 0.29) is 24.0 Å². The Labute approximate surface area is 182 Å². The molecule has 2 amide bonds. The van der Waals surface area contributed by atoms with Crippen LogP contribution in [-0.4, -0.2) is 39.9 Å². The van der Waals surface area contributed by atoms with Crippen LogP contribution in [0.4, 0.5) is 5.13 Å². The van der Waals surface area contributed by atoms with Crippen LogP contribution in [0.3, 0.4) is 0 Å². The van der Waals surface area contributed by atoms with Gasteiger partial charge >= 0.3 is 0 Å². The molecule has 0 saturated heterocycles. The monoisotopic (exact) mass is 439 g/mol. The lowest BCUT2D eigenvalue weighted by Crippen LogP contribution is -2.19. The lowest BCUT2D eigenvalue weighted by Gasteiger charge is -2.05. The standard InChI is InChI=1S/C21H21N5O4S/c1-3-30-17-9-6-14(10-16(17)27)12-22-24-18(28)11-19-25-26-21(31-19)23-20(29)15-7-4-13(2)5-8-15/h4-10,12,27H,3,11H2,1-2H3,(H,24,28)(H,23,26,29)/b22-12-. The van der Waals surface area contributed by atoms with Gasteiger partial charge in [-0.2, -0.15) is 5.10 Å². The van der Waals surface area contributed by atoms with E-state index in [0.717, 1.165) is 16.9 Å². The zero-order valence-corrected chi connectivity index (χ0v) is 17.8. The first kappa shape index (κ1) is 21.9. The molecule has 0 aliphatic heterocycles. The molecule has 0 atom stereocenters. The summed E-state index contributed by atoms with van der Waals surface area (Å²) >= 11 is 1.11. The number of ether oxygens (including phenoxy) is 1. The molecule has 0 aliphatic rings. The Bertz CT molecular complexity index is 1100. The Hall–Kier alpha value is -3.79. The number of carbonyl (C=O) groups excluding carboxylic acids is 2. The minimum Gasteiger partial charge on any atom is -0.504 e. The maximum absolute atomic E-state index is 12.2. The van der Waals surface area contributed by atoms with Crippen molar-refractivity contribution in [3.8, 4) is 11.5 Å². The quantitative estimate of drug-likeness (QED) is 0.366. The summed E-state index contributed by atoms with van der Waals surface area (Å²) in [7, 11) is 0. The molecule has 0 saturated carbocycles. The summed E-state index contributed by atoms with van der Waals surface area (Å²) in [6.45, 7) is 4.21. The van der Waals surface area contributed by atoms with Gasteiger partial charge in [0.25, 0.3) is 5.91 Å². The minimum atomic E-state index is -0.390. The number of hydrogen-bond donors (Lipinski definition) is 3. The summed E-state index contributed by atoms with van der Waals surface area (Å²) in [5, 5.41) is 24.9. The molecule has 9 nitrogen and oxygen atoms in total. The second-order valence-corrected chi connectivity index (χ2v) is 7.51. The summed E-state index contributed by atoms with van der Waals surface area (Å²) in [5.41, 5.74) is 4.55. The number of rotatable bonds is 8. The van der Waals surface area contributed by atoms with Crippen LogP contribution in [0.1, 0.15) is 33.4 Å². The van der Waals surface area contributed by atoms with Crippen LogP contribution in [0.25, 0.3) is 0 Å². The molecule has 31 heavy (non-hydrogen) atoms. The number of aryl methyl sites for hydroxylation is 1. The molecule has 10 heteroatoms. The number of nitrogens with zero attached hydrogens (tertiary/aromatic N) is 3. The van der Waals surface area contributed by atoms with Crippen LogP contribution >= 0.6 is 11.3 Å². The number of aromatic hydroxyl groups is 1. The fourth-order valence-corrected chi connectivity index (χ4v) is 3.23. The van der Waals surface area contributed by atoms with E-state index in [1.807, 2.05) is 26.0 Å². The zero-order chi connectivity index (χ0) is 22.2. The number of aromatic nitrogens is 2. The summed E-state index contributed by atoms with van der Waals surface area (Å²) in [5.74, 6) is -0.314. The number of hydrazone groups is 1. The van der Waals surface area contributed by atoms with Crippen molar-refractivity contribution >= 4 is 34.5 Å². The molecule has 0 spiro atoms. The van der Waals surface area contributed by atoms with E-state index in [9.17, 15) is 14.7 Å². The van der Waals surface area contributed by atoms with Gasteiger partial charge in [-0.05, 0) is 49.7 Å². The third-order valence-corrected chi connectivity index (χ3v) is 4.84. The molecular weight excluding hydrogens is 418 g/mol. The van der Waals surface area contributed by atoms with Crippen LogP contribution in [0.2, 0.25) is 0 Å². The Kier molecular flexibility index (Phi) is 7.28. The molecule has 2 aromatic carbocycles. The fourth-order valence-electron chi connectivity index (χ4n) is 2.50. The van der Waals surface area contributed by atoms with Gasteiger partial charge in [0, 0.05) is 5.56 Å². The topological polar surface area (TPSA) is 126 Å². The maximum atomic E-state index is 12.2. The Balaban J connectivity index is 1.50. The van der Waals surface area contributed by atoms with Gasteiger partial charge < -0.3 is 9.84 Å². The average Bonchev–Trinajstić information content (AvgIpc) is 3.17. The SMILES string of the molecule is CCOc1ccc(/C=N\NC(=O)Cc2nnc(NC(=O)c3ccc(C)cc3)s2)cc1O. The second kappa shape index (κ2) is 10.3. The van der Waals surface area contributed by atoms with E-state index in [0.29, 0.717) is 33.6 Å². The second-order valence-electron chi connectivity index (χ2n) is 6.45. The van der Waals surface area contributed by atoms with Crippen LogP contribution in [0, 0.1) is 6.92 Å². The summed E-state index contributed by atoms with van der Waals surface area (Å²) in [4.78, 5) is 24.3. The Morgan fingerprint density at radius 1 is 1.19 bits per heavy atom. The smallest absolute Gasteiger partial charge is 0.257 e. The van der Waals surface area contributed by atoms with Gasteiger partial charge in [0.05, 0.1) is 19.2 Å². The van der Waals surface area contributed by atoms with Crippen LogP contribution in [0.15, 0.2) is 47.6 Å². The molecule has 3 N–H and O–H groups in total. The number of carbonyl (C=O) groups is 2. The van der Waals surface area contributed by atoms with E-state index >= 15 is 0 Å². The van der Waals surface area contributed by atoms with E-state index in [4.69, 9.17) is 4.74 Å². The molecule has 1 heterocycles. The minimum absolute atomic E-state index is 0.00815. The number of phenolic OH excluding ortho intramolecular Hbond substituents is 1. The molecule has 0 fully saturated rings. The first-order chi connectivity index (χ1) is 14.9. The highest BCUT2D eigenvalue weighted by Crippen LogP contribution is 2.26. The first-order valence-electron chi connectivity index (χ1n) is 9.42. The van der Waals surface area contributed by atoms with Crippen molar-refractivity contribution in [2.45, 2.75) is 20.3 Å². The molecule has 3 rings (SSSR count). The summed E-state index contributed by atoms with van der Waals surface area (Å²) in [6, 6.07) is 11.9. The van der Waals surface area contributed by atoms with Crippen molar-refractivity contribution in [2.24, 2.45) is 5.10 Å². The zero-order valence-electron chi connectivity index (χ0n) is 17.0. The van der Waals surface area contributed by atoms with E-state index in [2.05, 4.69) is 26.0 Å². The summed E-state index contributed by atoms with van der Waals surface area (Å²) in [6.07, 6.45) is 1.37. The third-order valence-electron chi connectivity index (χ3n) is 4.00. The molecule has 0 unspecified atom stereocenters. The van der Waals surface area contributed by atoms with Gasteiger partial charge in [0.15, 0.2) is 11.5 Å². The number of hydrogen-bond acceptors (Lipinski definition) is 8. The molecular formula is C21H21N5O4S. The molecule has 0 bridgehead atoms. The highest BCUT2D eigenvalue weighted by Gasteiger charge is 2.12. The molecule has 0 radical (unpaired) electrons. The van der Waals surface area contributed by atoms with Gasteiger partial charge in [-0.3, -0.25) is 14.9 Å². The molecule has 3 aromatic rings. The third kappa shape index (κ3) is 6.34. The van der Waals surface area contributed by atoms with Crippen molar-refractivity contribution < 1.29 is 19.4 Å². The summed E-state index contributed by atoms with van der Waals surface area (Å²) < 4.78 is 5.25. The average molecular weight is 439 g/mol. The van der Waals surface area contributed by atoms with Crippen molar-refractivity contribution in [3.63, 3.8) is 0 Å². The van der Waals surface area contributed by atoms with Gasteiger partial charge in [-0.15, -0.1) is 10.2 Å². The van der Waals surface area contributed by atoms with E-state index in [1.54, 1.807) is 24.3 Å². The predicted molar refractivity (Wildman–Crippen MR) is 118 cm³/mol. The van der Waals surface area contributed by atoms with Gasteiger partial charge in [0.1, 0.15) is 5.01 Å². The molecule has 1 aromatic heterocycles. The number of amides is 2. The highest BCUT2D eigenvalue weighted by molar-refractivity contribution is 7.15. The number of phenols is 1. The maximum Gasteiger partial charge on any atom is 0.257 e. The number of benzene rings is 2. The van der Waals surface area contributed by atoms with Crippen molar-refractivity contribution in [1.29, 1.82) is 0 Å². The first-order valence-corrected chi connectivity index (χ1v) is 10.2. The fraction of sp³-hybridized carbons (Fsp3) is 0.190. The molecule has 160 valence electrons. The van der Waals surface area contributed by atoms with Crippen molar-refractivity contribution in [2.75, 3.05) is 11.9 Å². The predicted octanol–water partition coefficient (Wildman–Crippen LogP) is 2.90.